The van der Waals surface area contributed by atoms with Crippen LogP contribution in [0.15, 0.2) is 0 Å². The Labute approximate surface area is 120 Å². The molecule has 19 heavy (non-hydrogen) atoms. The van der Waals surface area contributed by atoms with Crippen LogP contribution in [0, 0.1) is 0 Å². The minimum Gasteiger partial charge on any atom is -0.547 e. The maximum Gasteiger partial charge on any atom is 3.00 e. The summed E-state index contributed by atoms with van der Waals surface area (Å²) < 4.78 is 0. The first-order valence-corrected chi connectivity index (χ1v) is 4.60. The largest absolute Gasteiger partial charge is 3.00 e. The Kier molecular flexibility index (Phi) is 20.7. The van der Waals surface area contributed by atoms with Crippen LogP contribution in [0.3, 0.4) is 0 Å². The molecule has 0 aliphatic heterocycles. The van der Waals surface area contributed by atoms with Gasteiger partial charge in [0.1, 0.15) is 0 Å². The van der Waals surface area contributed by atoms with Crippen LogP contribution in [0.4, 0.5) is 0 Å². The van der Waals surface area contributed by atoms with Crippen LogP contribution in [0.5, 0.6) is 0 Å². The van der Waals surface area contributed by atoms with Gasteiger partial charge in [0.25, 0.3) is 0 Å². The number of carboxylic acid groups (broad SMARTS) is 3. The van der Waals surface area contributed by atoms with Crippen LogP contribution in [-0.4, -0.2) is 51.5 Å². The van der Waals surface area contributed by atoms with Gasteiger partial charge in [-0.25, -0.2) is 0 Å². The molecule has 0 rings (SSSR count). The Morgan fingerprint density at radius 2 is 0.737 bits per heavy atom. The Morgan fingerprint density at radius 3 is 0.737 bits per heavy atom. The van der Waals surface area contributed by atoms with E-state index in [1.54, 1.807) is 0 Å². The molecule has 0 aromatic rings. The Balaban J connectivity index is -0.0000000865. The first-order chi connectivity index (χ1) is 7.93. The van der Waals surface area contributed by atoms with Crippen molar-refractivity contribution in [2.24, 2.45) is 0 Å². The summed E-state index contributed by atoms with van der Waals surface area (Å²) in [7, 11) is 0. The number of hydrogen-bond acceptors (Lipinski definition) is 9. The van der Waals surface area contributed by atoms with Gasteiger partial charge < -0.3 is 45.0 Å². The molecule has 1 radical (unpaired) electrons. The van der Waals surface area contributed by atoms with E-state index < -0.39 is 36.2 Å². The van der Waals surface area contributed by atoms with Gasteiger partial charge >= 0.3 is 17.4 Å². The normalized spacial score (nSPS) is 12.9. The van der Waals surface area contributed by atoms with Gasteiger partial charge in [0, 0.05) is 0 Å². The van der Waals surface area contributed by atoms with Crippen molar-refractivity contribution in [1.29, 1.82) is 0 Å². The average Bonchev–Trinajstić information content (AvgIpc) is 2.18. The standard InChI is InChI=1S/3C3H6O3.Cr/c3*1-2(4)3(5)6;/h3*2,4H,1H3,(H,5,6);/q;;;+3/p-3/t3*2-;/m000./s1. The maximum atomic E-state index is 9.34. The van der Waals surface area contributed by atoms with Gasteiger partial charge in [-0.2, -0.15) is 0 Å². The molecule has 0 bridgehead atoms. The Bertz CT molecular complexity index is 220. The van der Waals surface area contributed by atoms with Gasteiger partial charge in [-0.3, -0.25) is 0 Å². The third-order valence-corrected chi connectivity index (χ3v) is 1.02. The first kappa shape index (κ1) is 26.4. The molecule has 0 saturated carbocycles. The SMILES string of the molecule is C[C@H](O)C(=O)[O-].C[C@H](O)C(=O)[O-].C[C@H](O)C(=O)[O-].[Cr+3]. The van der Waals surface area contributed by atoms with E-state index in [4.69, 9.17) is 15.3 Å². The van der Waals surface area contributed by atoms with E-state index in [1.165, 1.54) is 0 Å². The molecule has 0 aromatic carbocycles. The predicted molar refractivity (Wildman–Crippen MR) is 50.1 cm³/mol. The minimum atomic E-state index is -1.44. The third kappa shape index (κ3) is 31.6. The number of hydrogen-bond donors (Lipinski definition) is 3. The number of carbonyl (C=O) groups is 3. The predicted octanol–water partition coefficient (Wildman–Crippen LogP) is -5.65. The van der Waals surface area contributed by atoms with Gasteiger partial charge in [0.15, 0.2) is 0 Å². The molecule has 9 nitrogen and oxygen atoms in total. The second-order valence-corrected chi connectivity index (χ2v) is 2.99. The zero-order chi connectivity index (χ0) is 15.5. The number of carbonyl (C=O) groups excluding carboxylic acids is 3. The average molecular weight is 319 g/mol. The van der Waals surface area contributed by atoms with Crippen molar-refractivity contribution in [2.75, 3.05) is 0 Å². The molecule has 111 valence electrons. The third-order valence-electron chi connectivity index (χ3n) is 1.02. The van der Waals surface area contributed by atoms with Crippen molar-refractivity contribution in [2.45, 2.75) is 39.1 Å². The van der Waals surface area contributed by atoms with Gasteiger partial charge in [0.05, 0.1) is 36.2 Å². The van der Waals surface area contributed by atoms with Crippen LogP contribution >= 0.6 is 0 Å². The second-order valence-electron chi connectivity index (χ2n) is 2.99. The summed E-state index contributed by atoms with van der Waals surface area (Å²) in [4.78, 5) is 28.0. The van der Waals surface area contributed by atoms with Gasteiger partial charge in [-0.1, -0.05) is 0 Å². The molecule has 0 aliphatic carbocycles. The van der Waals surface area contributed by atoms with Gasteiger partial charge in [0.2, 0.25) is 0 Å². The number of aliphatic carboxylic acids is 3. The first-order valence-electron chi connectivity index (χ1n) is 4.60. The zero-order valence-electron chi connectivity index (χ0n) is 10.4. The van der Waals surface area contributed by atoms with Crippen LogP contribution in [0.2, 0.25) is 0 Å². The van der Waals surface area contributed by atoms with Crippen molar-refractivity contribution < 1.29 is 62.4 Å². The van der Waals surface area contributed by atoms with E-state index in [2.05, 4.69) is 0 Å². The van der Waals surface area contributed by atoms with Crippen molar-refractivity contribution >= 4 is 17.9 Å². The van der Waals surface area contributed by atoms with Crippen molar-refractivity contribution in [3.05, 3.63) is 0 Å². The molecule has 3 atom stereocenters. The minimum absolute atomic E-state index is 0. The summed E-state index contributed by atoms with van der Waals surface area (Å²) in [5, 5.41) is 51.9. The molecular weight excluding hydrogens is 304 g/mol. The fraction of sp³-hybridized carbons (Fsp3) is 0.667. The van der Waals surface area contributed by atoms with Crippen molar-refractivity contribution in [3.63, 3.8) is 0 Å². The summed E-state index contributed by atoms with van der Waals surface area (Å²) in [6.07, 6.45) is -4.03. The smallest absolute Gasteiger partial charge is 0.547 e. The summed E-state index contributed by atoms with van der Waals surface area (Å²) in [5.41, 5.74) is 0. The monoisotopic (exact) mass is 319 g/mol. The molecular formula is C9H15CrO9. The summed E-state index contributed by atoms with van der Waals surface area (Å²) in [5.74, 6) is -4.31. The molecule has 0 aromatic heterocycles. The van der Waals surface area contributed by atoms with E-state index in [-0.39, 0.29) is 17.4 Å². The van der Waals surface area contributed by atoms with E-state index in [0.717, 1.165) is 20.8 Å². The topological polar surface area (TPSA) is 181 Å². The van der Waals surface area contributed by atoms with Gasteiger partial charge in [-0.15, -0.1) is 0 Å². The van der Waals surface area contributed by atoms with E-state index in [0.29, 0.717) is 0 Å². The molecule has 0 saturated heterocycles. The molecule has 0 fully saturated rings. The molecule has 0 unspecified atom stereocenters. The van der Waals surface area contributed by atoms with Crippen molar-refractivity contribution in [1.82, 2.24) is 0 Å². The molecule has 0 heterocycles. The molecule has 3 N–H and O–H groups in total. The van der Waals surface area contributed by atoms with E-state index in [1.807, 2.05) is 0 Å². The summed E-state index contributed by atoms with van der Waals surface area (Å²) in [6.45, 7) is 3.40. The van der Waals surface area contributed by atoms with E-state index in [9.17, 15) is 29.7 Å². The van der Waals surface area contributed by atoms with E-state index >= 15 is 0 Å². The number of aliphatic hydroxyl groups is 3. The summed E-state index contributed by atoms with van der Waals surface area (Å²) in [6, 6.07) is 0. The molecule has 0 spiro atoms. The zero-order valence-corrected chi connectivity index (χ0v) is 11.7. The van der Waals surface area contributed by atoms with Crippen LogP contribution in [-0.2, 0) is 31.7 Å². The summed E-state index contributed by atoms with van der Waals surface area (Å²) >= 11 is 0. The fourth-order valence-electron chi connectivity index (χ4n) is 0. The fourth-order valence-corrected chi connectivity index (χ4v) is 0. The van der Waals surface area contributed by atoms with Crippen LogP contribution in [0.25, 0.3) is 0 Å². The van der Waals surface area contributed by atoms with Crippen LogP contribution < -0.4 is 15.3 Å². The van der Waals surface area contributed by atoms with Gasteiger partial charge in [-0.05, 0) is 20.8 Å². The van der Waals surface area contributed by atoms with Crippen molar-refractivity contribution in [3.8, 4) is 0 Å². The number of rotatable bonds is 3. The quantitative estimate of drug-likeness (QED) is 0.456. The number of aliphatic hydroxyl groups excluding tert-OH is 3. The molecule has 10 heteroatoms. The Morgan fingerprint density at radius 1 is 0.684 bits per heavy atom. The number of carboxylic acids is 3. The van der Waals surface area contributed by atoms with Crippen LogP contribution in [0.1, 0.15) is 20.8 Å². The molecule has 0 aliphatic rings. The Hall–Kier alpha value is -1.18. The molecule has 0 amide bonds. The second kappa shape index (κ2) is 14.9. The maximum absolute atomic E-state index is 9.34.